The lowest BCUT2D eigenvalue weighted by molar-refractivity contribution is -0.118. The zero-order valence-electron chi connectivity index (χ0n) is 19.9. The maximum Gasteiger partial charge on any atom is 0.348 e. The minimum atomic E-state index is -1.15. The molecule has 0 saturated carbocycles. The molecule has 2 amide bonds. The number of anilines is 1. The van der Waals surface area contributed by atoms with Gasteiger partial charge in [0.05, 0.1) is 18.3 Å². The van der Waals surface area contributed by atoms with Gasteiger partial charge >= 0.3 is 11.9 Å². The monoisotopic (exact) mass is 538 g/mol. The van der Waals surface area contributed by atoms with Crippen LogP contribution in [-0.4, -0.2) is 57.5 Å². The first kappa shape index (κ1) is 26.2. The summed E-state index contributed by atoms with van der Waals surface area (Å²) >= 11 is 1.35. The first-order valence-electron chi connectivity index (χ1n) is 11.1. The molecule has 0 unspecified atom stereocenters. The van der Waals surface area contributed by atoms with Crippen molar-refractivity contribution in [2.24, 2.45) is 5.73 Å². The number of nitrogens with two attached hydrogens (primary N) is 1. The number of thiophene rings is 1. The number of amides is 2. The molecule has 196 valence electrons. The number of aromatic carboxylic acids is 1. The number of ether oxygens (including phenoxy) is 2. The van der Waals surface area contributed by atoms with Crippen LogP contribution in [-0.2, 0) is 22.6 Å². The number of hydrogen-bond donors (Lipinski definition) is 5. The summed E-state index contributed by atoms with van der Waals surface area (Å²) in [6, 6.07) is 6.93. The highest BCUT2D eigenvalue weighted by molar-refractivity contribution is 7.12. The summed E-state index contributed by atoms with van der Waals surface area (Å²) < 4.78 is 9.81. The molecule has 4 aromatic rings. The lowest BCUT2D eigenvalue weighted by Gasteiger charge is -2.18. The number of H-pyrrole nitrogens is 1. The van der Waals surface area contributed by atoms with Crippen LogP contribution < -0.4 is 21.1 Å². The van der Waals surface area contributed by atoms with Crippen molar-refractivity contribution in [2.75, 3.05) is 19.0 Å². The third-order valence-electron chi connectivity index (χ3n) is 5.31. The van der Waals surface area contributed by atoms with Gasteiger partial charge in [0.2, 0.25) is 0 Å². The molecule has 0 bridgehead atoms. The van der Waals surface area contributed by atoms with Crippen LogP contribution in [0.1, 0.15) is 41.6 Å². The Labute approximate surface area is 219 Å². The number of fused-ring (bicyclic) bond motifs is 2. The molecule has 1 aliphatic rings. The molecule has 1 aliphatic heterocycles. The van der Waals surface area contributed by atoms with Crippen molar-refractivity contribution < 1.29 is 33.8 Å². The molecule has 0 saturated heterocycles. The molecule has 0 fully saturated rings. The normalized spacial score (nSPS) is 11.9. The fourth-order valence-electron chi connectivity index (χ4n) is 3.47. The Morgan fingerprint density at radius 1 is 1.24 bits per heavy atom. The van der Waals surface area contributed by atoms with Gasteiger partial charge in [0.15, 0.2) is 12.3 Å². The van der Waals surface area contributed by atoms with Crippen LogP contribution in [0.5, 0.6) is 5.75 Å². The number of carboxylic acids is 1. The van der Waals surface area contributed by atoms with Crippen molar-refractivity contribution in [2.45, 2.75) is 13.1 Å². The van der Waals surface area contributed by atoms with Gasteiger partial charge in [-0.3, -0.25) is 9.59 Å². The van der Waals surface area contributed by atoms with Gasteiger partial charge in [-0.25, -0.2) is 19.6 Å². The van der Waals surface area contributed by atoms with E-state index in [1.165, 1.54) is 24.6 Å². The van der Waals surface area contributed by atoms with E-state index >= 15 is 0 Å². The lowest BCUT2D eigenvalue weighted by Crippen LogP contribution is -2.26. The van der Waals surface area contributed by atoms with Gasteiger partial charge in [-0.05, 0) is 34.7 Å². The van der Waals surface area contributed by atoms with Crippen LogP contribution in [0.3, 0.4) is 0 Å². The Hall–Kier alpha value is -4.82. The van der Waals surface area contributed by atoms with Gasteiger partial charge in [0.1, 0.15) is 28.0 Å². The van der Waals surface area contributed by atoms with E-state index in [2.05, 4.69) is 30.3 Å². The fourth-order valence-corrected chi connectivity index (χ4v) is 4.31. The molecule has 4 heterocycles. The van der Waals surface area contributed by atoms with Gasteiger partial charge in [-0.2, -0.15) is 0 Å². The molecule has 0 spiro atoms. The van der Waals surface area contributed by atoms with E-state index in [1.807, 2.05) is 5.38 Å². The minimum absolute atomic E-state index is 0.0265. The number of aromatic nitrogens is 3. The number of carbonyl (C=O) groups excluding carboxylic acids is 3. The molecule has 0 atom stereocenters. The first-order chi connectivity index (χ1) is 18.3. The predicted molar refractivity (Wildman–Crippen MR) is 136 cm³/mol. The summed E-state index contributed by atoms with van der Waals surface area (Å²) in [5.41, 5.74) is 8.03. The van der Waals surface area contributed by atoms with E-state index in [4.69, 9.17) is 15.6 Å². The van der Waals surface area contributed by atoms with E-state index in [0.29, 0.717) is 22.9 Å². The summed E-state index contributed by atoms with van der Waals surface area (Å²) in [6.07, 6.45) is 2.41. The fraction of sp³-hybridized carbons (Fsp3) is 0.167. The lowest BCUT2D eigenvalue weighted by atomic mass is 10.1. The molecular weight excluding hydrogens is 516 g/mol. The van der Waals surface area contributed by atoms with Crippen molar-refractivity contribution in [3.8, 4) is 5.75 Å². The van der Waals surface area contributed by atoms with Gasteiger partial charge in [0.25, 0.3) is 11.8 Å². The average Bonchev–Trinajstić information content (AvgIpc) is 3.59. The van der Waals surface area contributed by atoms with Crippen LogP contribution in [0.25, 0.3) is 11.0 Å². The smallest absolute Gasteiger partial charge is 0.348 e. The zero-order valence-corrected chi connectivity index (χ0v) is 20.8. The number of aromatic amines is 1. The largest absolute Gasteiger partial charge is 0.482 e. The van der Waals surface area contributed by atoms with Crippen molar-refractivity contribution in [1.29, 1.82) is 0 Å². The maximum absolute atomic E-state index is 12.5. The Bertz CT molecular complexity index is 1530. The third kappa shape index (κ3) is 5.77. The van der Waals surface area contributed by atoms with E-state index in [1.54, 1.807) is 24.3 Å². The third-order valence-corrected chi connectivity index (χ3v) is 6.27. The number of rotatable bonds is 6. The van der Waals surface area contributed by atoms with Gasteiger partial charge in [-0.15, -0.1) is 11.3 Å². The Balaban J connectivity index is 0.000000257. The number of hydrogen-bond acceptors (Lipinski definition) is 10. The number of carboxylic acid groups (broad SMARTS) is 1. The van der Waals surface area contributed by atoms with Gasteiger partial charge in [0, 0.05) is 19.3 Å². The molecule has 0 aliphatic carbocycles. The highest BCUT2D eigenvalue weighted by Crippen LogP contribution is 2.28. The molecule has 13 nitrogen and oxygen atoms in total. The van der Waals surface area contributed by atoms with E-state index in [9.17, 15) is 19.2 Å². The molecule has 0 radical (unpaired) electrons. The topological polar surface area (TPSA) is 199 Å². The summed E-state index contributed by atoms with van der Waals surface area (Å²) in [6.45, 7) is 0.620. The molecule has 14 heteroatoms. The molecule has 38 heavy (non-hydrogen) atoms. The second-order valence-corrected chi connectivity index (χ2v) is 8.73. The highest BCUT2D eigenvalue weighted by Gasteiger charge is 2.20. The number of nitrogens with one attached hydrogen (secondary N) is 3. The van der Waals surface area contributed by atoms with Crippen molar-refractivity contribution in [3.05, 3.63) is 69.4 Å². The number of carbonyl (C=O) groups is 4. The number of nitrogens with zero attached hydrogens (tertiary/aromatic N) is 2. The quantitative estimate of drug-likeness (QED) is 0.226. The van der Waals surface area contributed by atoms with Crippen LogP contribution >= 0.6 is 11.3 Å². The average molecular weight is 539 g/mol. The predicted octanol–water partition coefficient (Wildman–Crippen LogP) is 1.91. The van der Waals surface area contributed by atoms with Crippen molar-refractivity contribution in [1.82, 2.24) is 20.3 Å². The highest BCUT2D eigenvalue weighted by atomic mass is 32.1. The summed E-state index contributed by atoms with van der Waals surface area (Å²) in [5.74, 6) is -1.61. The molecule has 3 aromatic heterocycles. The maximum atomic E-state index is 12.5. The molecule has 6 N–H and O–H groups in total. The Morgan fingerprint density at radius 3 is 2.76 bits per heavy atom. The van der Waals surface area contributed by atoms with Crippen LogP contribution in [0, 0.1) is 0 Å². The van der Waals surface area contributed by atoms with E-state index in [-0.39, 0.29) is 47.3 Å². The van der Waals surface area contributed by atoms with Crippen molar-refractivity contribution in [3.63, 3.8) is 0 Å². The second kappa shape index (κ2) is 11.5. The van der Waals surface area contributed by atoms with Crippen LogP contribution in [0.15, 0.2) is 42.2 Å². The van der Waals surface area contributed by atoms with Crippen LogP contribution in [0.2, 0.25) is 0 Å². The SMILES string of the molecule is COC(=O)c1cc(CN)cs1.O=C1COc2ccc(CNC(=O)c3ncnc4c(C(=O)O)c[nH]c34)cc2N1. The summed E-state index contributed by atoms with van der Waals surface area (Å²) in [4.78, 5) is 57.2. The number of benzene rings is 1. The van der Waals surface area contributed by atoms with Crippen molar-refractivity contribution >= 4 is 51.8 Å². The zero-order chi connectivity index (χ0) is 27.2. The number of methoxy groups -OCH3 is 1. The minimum Gasteiger partial charge on any atom is -0.482 e. The second-order valence-electron chi connectivity index (χ2n) is 7.82. The Kier molecular flexibility index (Phi) is 7.94. The Morgan fingerprint density at radius 2 is 2.05 bits per heavy atom. The van der Waals surface area contributed by atoms with E-state index in [0.717, 1.165) is 17.5 Å². The standard InChI is InChI=1S/C17H13N5O5.C7H9NO2S/c23-12-6-27-11-2-1-8(3-10(11)22-12)4-19-16(24)15-14-13(20-7-21-15)9(5-18-14)17(25)26;1-10-7(9)6-2-5(3-8)4-11-6/h1-3,5,7,18H,4,6H2,(H,19,24)(H,22,23)(H,25,26);2,4H,3,8H2,1H3. The number of esters is 1. The van der Waals surface area contributed by atoms with Gasteiger partial charge in [-0.1, -0.05) is 6.07 Å². The summed E-state index contributed by atoms with van der Waals surface area (Å²) in [5, 5.41) is 16.4. The molecule has 5 rings (SSSR count). The van der Waals surface area contributed by atoms with Crippen LogP contribution in [0.4, 0.5) is 5.69 Å². The molecule has 1 aromatic carbocycles. The summed E-state index contributed by atoms with van der Waals surface area (Å²) in [7, 11) is 1.37. The van der Waals surface area contributed by atoms with E-state index < -0.39 is 11.9 Å². The molecular formula is C24H22N6O7S. The first-order valence-corrected chi connectivity index (χ1v) is 11.9. The van der Waals surface area contributed by atoms with Gasteiger partial charge < -0.3 is 35.9 Å².